The number of nitrogens with zero attached hydrogens (tertiary/aromatic N) is 3. The van der Waals surface area contributed by atoms with E-state index in [1.165, 1.54) is 12.1 Å². The van der Waals surface area contributed by atoms with Crippen LogP contribution in [0.2, 0.25) is 0 Å². The van der Waals surface area contributed by atoms with Gasteiger partial charge in [0.25, 0.3) is 0 Å². The van der Waals surface area contributed by atoms with Crippen LogP contribution < -0.4 is 10.2 Å². The SMILES string of the molecule is CNCc1c(N(C)CC2CCCO2)nc2sccn12. The Morgan fingerprint density at radius 2 is 2.53 bits per heavy atom. The molecule has 1 aliphatic heterocycles. The summed E-state index contributed by atoms with van der Waals surface area (Å²) in [6, 6.07) is 0. The number of aromatic nitrogens is 2. The van der Waals surface area contributed by atoms with Crippen LogP contribution in [0.5, 0.6) is 0 Å². The first kappa shape index (κ1) is 12.9. The third-order valence-corrected chi connectivity index (χ3v) is 4.30. The molecule has 1 saturated heterocycles. The first-order valence-electron chi connectivity index (χ1n) is 6.71. The quantitative estimate of drug-likeness (QED) is 0.906. The molecule has 3 heterocycles. The normalized spacial score (nSPS) is 19.4. The second-order valence-electron chi connectivity index (χ2n) is 4.98. The molecule has 1 fully saturated rings. The standard InChI is InChI=1S/C13H20N4OS/c1-14-8-11-12(15-13-17(11)5-7-19-13)16(2)9-10-4-3-6-18-10/h5,7,10,14H,3-4,6,8-9H2,1-2H3. The Morgan fingerprint density at radius 1 is 1.63 bits per heavy atom. The molecule has 0 saturated carbocycles. The van der Waals surface area contributed by atoms with Gasteiger partial charge >= 0.3 is 0 Å². The summed E-state index contributed by atoms with van der Waals surface area (Å²) in [5, 5.41) is 5.30. The van der Waals surface area contributed by atoms with Crippen LogP contribution in [0.15, 0.2) is 11.6 Å². The third-order valence-electron chi connectivity index (χ3n) is 3.55. The molecule has 3 rings (SSSR count). The molecule has 104 valence electrons. The molecule has 0 amide bonds. The van der Waals surface area contributed by atoms with Gasteiger partial charge in [-0.25, -0.2) is 4.98 Å². The van der Waals surface area contributed by atoms with Crippen LogP contribution in [-0.4, -0.2) is 42.7 Å². The first-order chi connectivity index (χ1) is 9.29. The highest BCUT2D eigenvalue weighted by atomic mass is 32.1. The number of anilines is 1. The highest BCUT2D eigenvalue weighted by molar-refractivity contribution is 7.15. The summed E-state index contributed by atoms with van der Waals surface area (Å²) in [6.45, 7) is 2.64. The molecular formula is C13H20N4OS. The predicted molar refractivity (Wildman–Crippen MR) is 78.1 cm³/mol. The molecule has 0 bridgehead atoms. The Morgan fingerprint density at radius 3 is 3.26 bits per heavy atom. The maximum Gasteiger partial charge on any atom is 0.195 e. The second-order valence-corrected chi connectivity index (χ2v) is 5.86. The van der Waals surface area contributed by atoms with Crippen LogP contribution in [0.1, 0.15) is 18.5 Å². The number of imidazole rings is 1. The van der Waals surface area contributed by atoms with Crippen molar-refractivity contribution in [3.63, 3.8) is 0 Å². The number of rotatable bonds is 5. The van der Waals surface area contributed by atoms with Crippen LogP contribution in [0.4, 0.5) is 5.82 Å². The van der Waals surface area contributed by atoms with Gasteiger partial charge in [0.05, 0.1) is 11.8 Å². The molecule has 1 aliphatic rings. The smallest absolute Gasteiger partial charge is 0.195 e. The maximum atomic E-state index is 5.71. The fourth-order valence-corrected chi connectivity index (χ4v) is 3.37. The lowest BCUT2D eigenvalue weighted by Gasteiger charge is -2.21. The van der Waals surface area contributed by atoms with Crippen LogP contribution in [-0.2, 0) is 11.3 Å². The molecule has 6 heteroatoms. The van der Waals surface area contributed by atoms with E-state index < -0.39 is 0 Å². The molecule has 1 atom stereocenters. The van der Waals surface area contributed by atoms with E-state index in [0.717, 1.165) is 36.9 Å². The van der Waals surface area contributed by atoms with Gasteiger partial charge in [0.15, 0.2) is 10.8 Å². The molecule has 19 heavy (non-hydrogen) atoms. The Hall–Kier alpha value is -1.11. The van der Waals surface area contributed by atoms with E-state index in [9.17, 15) is 0 Å². The zero-order valence-electron chi connectivity index (χ0n) is 11.4. The van der Waals surface area contributed by atoms with E-state index in [-0.39, 0.29) is 0 Å². The van der Waals surface area contributed by atoms with E-state index >= 15 is 0 Å². The fraction of sp³-hybridized carbons (Fsp3) is 0.615. The number of thiazole rings is 1. The molecular weight excluding hydrogens is 260 g/mol. The molecule has 2 aromatic heterocycles. The van der Waals surface area contributed by atoms with Crippen LogP contribution in [0.25, 0.3) is 4.96 Å². The molecule has 0 spiro atoms. The Labute approximate surface area is 117 Å². The lowest BCUT2D eigenvalue weighted by molar-refractivity contribution is 0.116. The number of ether oxygens (including phenoxy) is 1. The van der Waals surface area contributed by atoms with Gasteiger partial charge in [-0.15, -0.1) is 11.3 Å². The van der Waals surface area contributed by atoms with Crippen molar-refractivity contribution in [2.24, 2.45) is 0 Å². The summed E-state index contributed by atoms with van der Waals surface area (Å²) in [7, 11) is 4.07. The number of likely N-dealkylation sites (N-methyl/N-ethyl adjacent to an activating group) is 1. The van der Waals surface area contributed by atoms with Crippen molar-refractivity contribution in [2.45, 2.75) is 25.5 Å². The van der Waals surface area contributed by atoms with Crippen LogP contribution in [0.3, 0.4) is 0 Å². The van der Waals surface area contributed by atoms with Crippen LogP contribution >= 0.6 is 11.3 Å². The Kier molecular flexibility index (Phi) is 3.72. The highest BCUT2D eigenvalue weighted by Gasteiger charge is 2.21. The topological polar surface area (TPSA) is 41.8 Å². The molecule has 2 aromatic rings. The number of hydrogen-bond donors (Lipinski definition) is 1. The highest BCUT2D eigenvalue weighted by Crippen LogP contribution is 2.25. The first-order valence-corrected chi connectivity index (χ1v) is 7.59. The van der Waals surface area contributed by atoms with Gasteiger partial charge in [0.2, 0.25) is 0 Å². The van der Waals surface area contributed by atoms with Gasteiger partial charge < -0.3 is 15.0 Å². The van der Waals surface area contributed by atoms with Crippen molar-refractivity contribution >= 4 is 22.1 Å². The summed E-state index contributed by atoms with van der Waals surface area (Å²) in [4.78, 5) is 8.02. The van der Waals surface area contributed by atoms with Gasteiger partial charge in [0.1, 0.15) is 0 Å². The lowest BCUT2D eigenvalue weighted by atomic mass is 10.2. The lowest BCUT2D eigenvalue weighted by Crippen LogP contribution is -2.30. The zero-order valence-corrected chi connectivity index (χ0v) is 12.2. The minimum absolute atomic E-state index is 0.354. The second kappa shape index (κ2) is 5.48. The van der Waals surface area contributed by atoms with Gasteiger partial charge in [-0.2, -0.15) is 0 Å². The summed E-state index contributed by atoms with van der Waals surface area (Å²) < 4.78 is 7.88. The summed E-state index contributed by atoms with van der Waals surface area (Å²) in [5.41, 5.74) is 1.22. The molecule has 1 unspecified atom stereocenters. The molecule has 0 aromatic carbocycles. The van der Waals surface area contributed by atoms with E-state index in [4.69, 9.17) is 9.72 Å². The third kappa shape index (κ3) is 2.48. The van der Waals surface area contributed by atoms with Gasteiger partial charge in [-0.1, -0.05) is 0 Å². The minimum atomic E-state index is 0.354. The largest absolute Gasteiger partial charge is 0.376 e. The Balaban J connectivity index is 1.85. The number of fused-ring (bicyclic) bond motifs is 1. The number of hydrogen-bond acceptors (Lipinski definition) is 5. The molecule has 1 N–H and O–H groups in total. The summed E-state index contributed by atoms with van der Waals surface area (Å²) >= 11 is 1.67. The summed E-state index contributed by atoms with van der Waals surface area (Å²) in [5.74, 6) is 1.07. The zero-order chi connectivity index (χ0) is 13.2. The average Bonchev–Trinajstić information content (AvgIpc) is 3.07. The van der Waals surface area contributed by atoms with E-state index in [2.05, 4.69) is 33.2 Å². The van der Waals surface area contributed by atoms with E-state index in [1.807, 2.05) is 7.05 Å². The van der Waals surface area contributed by atoms with Gasteiger partial charge in [0, 0.05) is 38.3 Å². The molecule has 0 radical (unpaired) electrons. The summed E-state index contributed by atoms with van der Waals surface area (Å²) in [6.07, 6.45) is 4.78. The van der Waals surface area contributed by atoms with Gasteiger partial charge in [-0.05, 0) is 19.9 Å². The molecule has 0 aliphatic carbocycles. The molecule has 5 nitrogen and oxygen atoms in total. The van der Waals surface area contributed by atoms with Crippen molar-refractivity contribution < 1.29 is 4.74 Å². The van der Waals surface area contributed by atoms with Crippen molar-refractivity contribution in [3.8, 4) is 0 Å². The predicted octanol–water partition coefficient (Wildman–Crippen LogP) is 1.73. The van der Waals surface area contributed by atoms with Crippen molar-refractivity contribution in [1.29, 1.82) is 0 Å². The average molecular weight is 280 g/mol. The van der Waals surface area contributed by atoms with Crippen molar-refractivity contribution in [3.05, 3.63) is 17.3 Å². The fourth-order valence-electron chi connectivity index (χ4n) is 2.64. The van der Waals surface area contributed by atoms with Crippen LogP contribution in [0, 0.1) is 0 Å². The van der Waals surface area contributed by atoms with Crippen molar-refractivity contribution in [2.75, 3.05) is 32.1 Å². The Bertz CT molecular complexity index is 544. The van der Waals surface area contributed by atoms with E-state index in [1.54, 1.807) is 11.3 Å². The van der Waals surface area contributed by atoms with Crippen molar-refractivity contribution in [1.82, 2.24) is 14.7 Å². The monoisotopic (exact) mass is 280 g/mol. The van der Waals surface area contributed by atoms with Gasteiger partial charge in [-0.3, -0.25) is 4.40 Å². The number of nitrogens with one attached hydrogen (secondary N) is 1. The van der Waals surface area contributed by atoms with E-state index in [0.29, 0.717) is 6.10 Å². The minimum Gasteiger partial charge on any atom is -0.376 e. The maximum absolute atomic E-state index is 5.71.